The zero-order valence-electron chi connectivity index (χ0n) is 34.0. The van der Waals surface area contributed by atoms with Gasteiger partial charge in [0.25, 0.3) is 0 Å². The van der Waals surface area contributed by atoms with Crippen molar-refractivity contribution in [1.82, 2.24) is 4.40 Å². The van der Waals surface area contributed by atoms with Gasteiger partial charge in [-0.25, -0.2) is 0 Å². The average molecular weight is 811 g/mol. The lowest BCUT2D eigenvalue weighted by Gasteiger charge is -2.43. The lowest BCUT2D eigenvalue weighted by molar-refractivity contribution is 0.436. The Balaban J connectivity index is 1.12. The normalized spacial score (nSPS) is 17.0. The fourth-order valence-electron chi connectivity index (χ4n) is 13.8. The summed E-state index contributed by atoms with van der Waals surface area (Å²) in [6.07, 6.45) is 0. The van der Waals surface area contributed by atoms with Crippen LogP contribution in [0.1, 0.15) is 73.0 Å². The molecule has 292 valence electrons. The Morgan fingerprint density at radius 3 is 1.86 bits per heavy atom. The summed E-state index contributed by atoms with van der Waals surface area (Å²) in [5.74, 6) is 1.70. The van der Waals surface area contributed by atoms with Crippen molar-refractivity contribution >= 4 is 70.8 Å². The second kappa shape index (κ2) is 10.6. The number of fused-ring (bicyclic) bond motifs is 17. The average Bonchev–Trinajstić information content (AvgIpc) is 4.08. The molecule has 5 aliphatic rings. The van der Waals surface area contributed by atoms with Crippen LogP contribution in [-0.4, -0.2) is 4.40 Å². The van der Waals surface area contributed by atoms with E-state index in [9.17, 15) is 5.26 Å². The number of aromatic nitrogens is 1. The summed E-state index contributed by atoms with van der Waals surface area (Å²) < 4.78 is 16.4. The van der Waals surface area contributed by atoms with Gasteiger partial charge in [0, 0.05) is 49.9 Å². The van der Waals surface area contributed by atoms with Crippen molar-refractivity contribution in [3.8, 4) is 28.7 Å². The predicted molar refractivity (Wildman–Crippen MR) is 254 cm³/mol. The lowest BCUT2D eigenvalue weighted by Crippen LogP contribution is -2.32. The Morgan fingerprint density at radius 1 is 0.484 bits per heavy atom. The van der Waals surface area contributed by atoms with E-state index in [1.54, 1.807) is 0 Å². The molecule has 0 atom stereocenters. The van der Waals surface area contributed by atoms with Crippen molar-refractivity contribution in [3.63, 3.8) is 0 Å². The molecule has 4 aliphatic carbocycles. The van der Waals surface area contributed by atoms with Crippen LogP contribution in [-0.2, 0) is 5.41 Å². The summed E-state index contributed by atoms with van der Waals surface area (Å²) in [7, 11) is 0. The maximum atomic E-state index is 11.3. The molecule has 0 saturated heterocycles. The molecule has 0 N–H and O–H groups in total. The third-order valence-corrected chi connectivity index (χ3v) is 15.9. The van der Waals surface area contributed by atoms with Crippen molar-refractivity contribution in [2.24, 2.45) is 0 Å². The maximum Gasteiger partial charge on any atom is 0.146 e. The number of furan rings is 1. The van der Waals surface area contributed by atoms with Crippen molar-refractivity contribution < 1.29 is 9.15 Å². The summed E-state index contributed by atoms with van der Waals surface area (Å²) in [4.78, 5) is 0. The van der Waals surface area contributed by atoms with Gasteiger partial charge in [0.2, 0.25) is 0 Å². The number of ether oxygens (including phenoxy) is 1. The predicted octanol–water partition coefficient (Wildman–Crippen LogP) is 14.7. The van der Waals surface area contributed by atoms with Gasteiger partial charge in [0.1, 0.15) is 22.7 Å². The molecule has 0 radical (unpaired) electrons. The first-order valence-corrected chi connectivity index (χ1v) is 22.2. The topological polar surface area (TPSA) is 50.6 Å². The van der Waals surface area contributed by atoms with Gasteiger partial charge in [-0.05, 0) is 103 Å². The highest BCUT2D eigenvalue weighted by atomic mass is 16.5. The Bertz CT molecular complexity index is 4290. The van der Waals surface area contributed by atoms with Crippen molar-refractivity contribution in [3.05, 3.63) is 231 Å². The smallest absolute Gasteiger partial charge is 0.146 e. The maximum absolute atomic E-state index is 11.3. The molecule has 2 bridgehead atoms. The molecule has 64 heavy (non-hydrogen) atoms. The number of nitrogens with zero attached hydrogens (tertiary/aromatic N) is 2. The van der Waals surface area contributed by atoms with Crippen LogP contribution < -0.4 is 4.74 Å². The number of benzene rings is 10. The van der Waals surface area contributed by atoms with E-state index in [2.05, 4.69) is 180 Å². The fourth-order valence-corrected chi connectivity index (χ4v) is 13.8. The number of nitriles is 1. The summed E-state index contributed by atoms with van der Waals surface area (Å²) in [5, 5.41) is 20.8. The molecule has 1 spiro atoms. The van der Waals surface area contributed by atoms with Crippen LogP contribution in [0, 0.1) is 11.3 Å². The van der Waals surface area contributed by atoms with Gasteiger partial charge >= 0.3 is 0 Å². The van der Waals surface area contributed by atoms with Crippen LogP contribution in [0.25, 0.3) is 81.9 Å². The third-order valence-electron chi connectivity index (χ3n) is 15.9. The number of rotatable bonds is 0. The molecule has 4 heterocycles. The monoisotopic (exact) mass is 810 g/mol. The highest BCUT2D eigenvalue weighted by Crippen LogP contribution is 2.65. The van der Waals surface area contributed by atoms with E-state index < -0.39 is 5.41 Å². The van der Waals surface area contributed by atoms with Crippen LogP contribution in [0.2, 0.25) is 0 Å². The second-order valence-corrected chi connectivity index (χ2v) is 18.4. The highest BCUT2D eigenvalue weighted by molar-refractivity contribution is 6.42. The van der Waals surface area contributed by atoms with E-state index in [0.717, 1.165) is 72.2 Å². The van der Waals surface area contributed by atoms with Gasteiger partial charge in [-0.3, -0.25) is 0 Å². The lowest BCUT2D eigenvalue weighted by atomic mass is 9.59. The van der Waals surface area contributed by atoms with Gasteiger partial charge in [0.15, 0.2) is 0 Å². The largest absolute Gasteiger partial charge is 0.457 e. The molecule has 0 unspecified atom stereocenters. The molecule has 0 fully saturated rings. The van der Waals surface area contributed by atoms with E-state index in [0.29, 0.717) is 0 Å². The van der Waals surface area contributed by atoms with Gasteiger partial charge < -0.3 is 13.6 Å². The zero-order valence-corrected chi connectivity index (χ0v) is 34.0. The van der Waals surface area contributed by atoms with Crippen LogP contribution in [0.3, 0.4) is 0 Å². The summed E-state index contributed by atoms with van der Waals surface area (Å²) in [5.41, 5.74) is 20.2. The summed E-state index contributed by atoms with van der Waals surface area (Å²) in [6, 6.07) is 65.0. The zero-order chi connectivity index (χ0) is 41.3. The molecular weight excluding hydrogens is 781 g/mol. The number of para-hydroxylation sites is 2. The molecule has 13 aromatic rings. The van der Waals surface area contributed by atoms with E-state index in [-0.39, 0.29) is 11.8 Å². The quantitative estimate of drug-likeness (QED) is 0.143. The van der Waals surface area contributed by atoms with Crippen LogP contribution >= 0.6 is 0 Å². The van der Waals surface area contributed by atoms with Gasteiger partial charge in [-0.15, -0.1) is 0 Å². The van der Waals surface area contributed by atoms with E-state index in [1.165, 1.54) is 82.4 Å². The summed E-state index contributed by atoms with van der Waals surface area (Å²) in [6.45, 7) is 0. The number of hydrogen-bond acceptors (Lipinski definition) is 3. The van der Waals surface area contributed by atoms with Crippen LogP contribution in [0.15, 0.2) is 174 Å². The first-order valence-electron chi connectivity index (χ1n) is 22.2. The first-order chi connectivity index (χ1) is 31.7. The number of hydrogen-bond donors (Lipinski definition) is 0. The summed E-state index contributed by atoms with van der Waals surface area (Å²) >= 11 is 0. The van der Waals surface area contributed by atoms with Crippen molar-refractivity contribution in [1.29, 1.82) is 5.26 Å². The minimum absolute atomic E-state index is 0.0165. The van der Waals surface area contributed by atoms with Crippen LogP contribution in [0.5, 0.6) is 11.5 Å². The molecule has 10 aromatic carbocycles. The molecule has 4 heteroatoms. The highest BCUT2D eigenvalue weighted by Gasteiger charge is 2.52. The molecule has 4 nitrogen and oxygen atoms in total. The Morgan fingerprint density at radius 2 is 1.14 bits per heavy atom. The Kier molecular flexibility index (Phi) is 5.36. The molecule has 0 amide bonds. The Labute approximate surface area is 365 Å². The van der Waals surface area contributed by atoms with Crippen molar-refractivity contribution in [2.75, 3.05) is 0 Å². The fraction of sp³-hybridized carbons (Fsp3) is 0.0500. The Hall–Kier alpha value is -8.39. The minimum Gasteiger partial charge on any atom is -0.457 e. The standard InChI is InChI=1S/C60H30N2O2/c61-29-31-26-45-56(57-50(31)51-33-14-1-3-16-35(33)52(57)36-17-4-2-15-34(36)51)53-37-25-24-30-12-11-23-48-49(30)54(37)59(64-48)55-39-27-43-38(28-44(39)62(45)58(53)55)32-13-5-6-18-40(32)60(43)41-19-7-9-21-46(41)63-47-22-10-8-20-42(47)60/h1-28,51-52H. The van der Waals surface area contributed by atoms with Gasteiger partial charge in [-0.1, -0.05) is 133 Å². The van der Waals surface area contributed by atoms with E-state index in [4.69, 9.17) is 9.15 Å². The third kappa shape index (κ3) is 3.31. The molecule has 1 aliphatic heterocycles. The van der Waals surface area contributed by atoms with Gasteiger partial charge in [0.05, 0.1) is 39.0 Å². The molecule has 3 aromatic heterocycles. The SMILES string of the molecule is N#Cc1cc2c(c3c1C1c4ccccc4C3c3ccccc31)c1c3ccc4cccc5oc(c3c45)c3c4cc5c(cc4n2c31)-c1ccccc1C51c2ccccc2Oc2ccccc21. The second-order valence-electron chi connectivity index (χ2n) is 18.4. The first kappa shape index (κ1) is 32.3. The minimum atomic E-state index is -0.619. The molecule has 0 saturated carbocycles. The van der Waals surface area contributed by atoms with E-state index >= 15 is 0 Å². The molecular formula is C60H30N2O2. The van der Waals surface area contributed by atoms with Crippen LogP contribution in [0.4, 0.5) is 0 Å². The molecule has 18 rings (SSSR count). The van der Waals surface area contributed by atoms with E-state index in [1.807, 2.05) is 0 Å². The van der Waals surface area contributed by atoms with Crippen molar-refractivity contribution in [2.45, 2.75) is 17.3 Å². The van der Waals surface area contributed by atoms with Gasteiger partial charge in [-0.2, -0.15) is 5.26 Å².